The third-order valence-electron chi connectivity index (χ3n) is 3.10. The number of nitrogens with zero attached hydrogens (tertiary/aromatic N) is 2. The molecule has 96 valence electrons. The molecule has 1 aromatic carbocycles. The van der Waals surface area contributed by atoms with Crippen LogP contribution >= 0.6 is 0 Å². The number of hydrogen-bond acceptors (Lipinski definition) is 2. The minimum absolute atomic E-state index is 0.219. The van der Waals surface area contributed by atoms with Crippen molar-refractivity contribution in [1.29, 1.82) is 0 Å². The van der Waals surface area contributed by atoms with Crippen LogP contribution in [0.5, 0.6) is 0 Å². The summed E-state index contributed by atoms with van der Waals surface area (Å²) in [5.74, 6) is 0.219. The van der Waals surface area contributed by atoms with Crippen molar-refractivity contribution in [2.24, 2.45) is 5.92 Å². The Hall–Kier alpha value is -1.61. The molecule has 0 spiro atoms. The first kappa shape index (κ1) is 12.8. The Morgan fingerprint density at radius 1 is 1.22 bits per heavy atom. The van der Waals surface area contributed by atoms with E-state index in [4.69, 9.17) is 0 Å². The number of aliphatic hydroxyl groups is 1. The highest BCUT2D eigenvalue weighted by molar-refractivity contribution is 5.15. The quantitative estimate of drug-likeness (QED) is 0.878. The van der Waals surface area contributed by atoms with Crippen LogP contribution in [0.2, 0.25) is 0 Å². The van der Waals surface area contributed by atoms with Crippen molar-refractivity contribution < 1.29 is 5.11 Å². The summed E-state index contributed by atoms with van der Waals surface area (Å²) in [5, 5.41) is 14.2. The second-order valence-corrected chi connectivity index (χ2v) is 4.96. The maximum atomic E-state index is 9.94. The Morgan fingerprint density at radius 3 is 2.61 bits per heavy atom. The Labute approximate surface area is 108 Å². The Morgan fingerprint density at radius 2 is 1.94 bits per heavy atom. The van der Waals surface area contributed by atoms with Gasteiger partial charge in [-0.15, -0.1) is 0 Å². The molecule has 0 aliphatic carbocycles. The fraction of sp³-hybridized carbons (Fsp3) is 0.400. The lowest BCUT2D eigenvalue weighted by Crippen LogP contribution is -2.05. The summed E-state index contributed by atoms with van der Waals surface area (Å²) in [7, 11) is 0. The molecular weight excluding hydrogens is 224 g/mol. The average Bonchev–Trinajstić information content (AvgIpc) is 2.85. The summed E-state index contributed by atoms with van der Waals surface area (Å²) >= 11 is 0. The molecule has 0 amide bonds. The molecule has 2 aromatic rings. The van der Waals surface area contributed by atoms with Crippen LogP contribution in [0.4, 0.5) is 0 Å². The lowest BCUT2D eigenvalue weighted by Gasteiger charge is -2.11. The fourth-order valence-corrected chi connectivity index (χ4v) is 1.93. The third kappa shape index (κ3) is 3.20. The monoisotopic (exact) mass is 244 g/mol. The second-order valence-electron chi connectivity index (χ2n) is 4.96. The molecule has 3 heteroatoms. The standard InChI is InChI=1S/C15H20N2O/c1-12(2)15(18)14-10-16-17(11-14)9-8-13-6-4-3-5-7-13/h3-7,10-12,15,18H,8-9H2,1-2H3/t15-/m1/s1. The average molecular weight is 244 g/mol. The second kappa shape index (κ2) is 5.83. The molecular formula is C15H20N2O. The molecule has 0 saturated heterocycles. The van der Waals surface area contributed by atoms with Gasteiger partial charge in [0.25, 0.3) is 0 Å². The number of aryl methyl sites for hydroxylation is 2. The number of aromatic nitrogens is 2. The van der Waals surface area contributed by atoms with Gasteiger partial charge in [-0.1, -0.05) is 44.2 Å². The van der Waals surface area contributed by atoms with Gasteiger partial charge in [0.1, 0.15) is 0 Å². The zero-order chi connectivity index (χ0) is 13.0. The van der Waals surface area contributed by atoms with Crippen LogP contribution in [0.1, 0.15) is 31.1 Å². The number of benzene rings is 1. The maximum Gasteiger partial charge on any atom is 0.0843 e. The van der Waals surface area contributed by atoms with Gasteiger partial charge in [0.15, 0.2) is 0 Å². The number of aliphatic hydroxyl groups excluding tert-OH is 1. The Kier molecular flexibility index (Phi) is 4.15. The van der Waals surface area contributed by atoms with Gasteiger partial charge in [0.2, 0.25) is 0 Å². The molecule has 1 aromatic heterocycles. The minimum Gasteiger partial charge on any atom is -0.388 e. The van der Waals surface area contributed by atoms with E-state index in [0.29, 0.717) is 0 Å². The molecule has 0 radical (unpaired) electrons. The van der Waals surface area contributed by atoms with E-state index in [1.807, 2.05) is 42.9 Å². The summed E-state index contributed by atoms with van der Waals surface area (Å²) in [6, 6.07) is 10.4. The van der Waals surface area contributed by atoms with Crippen LogP contribution in [0.25, 0.3) is 0 Å². The predicted molar refractivity (Wildman–Crippen MR) is 72.2 cm³/mol. The van der Waals surface area contributed by atoms with E-state index in [1.165, 1.54) is 5.56 Å². The lowest BCUT2D eigenvalue weighted by molar-refractivity contribution is 0.127. The summed E-state index contributed by atoms with van der Waals surface area (Å²) in [6.07, 6.45) is 4.23. The van der Waals surface area contributed by atoms with Gasteiger partial charge in [-0.2, -0.15) is 5.10 Å². The van der Waals surface area contributed by atoms with Crippen molar-refractivity contribution in [3.05, 3.63) is 53.9 Å². The van der Waals surface area contributed by atoms with Crippen molar-refractivity contribution in [3.63, 3.8) is 0 Å². The molecule has 0 fully saturated rings. The molecule has 0 bridgehead atoms. The molecule has 18 heavy (non-hydrogen) atoms. The van der Waals surface area contributed by atoms with Gasteiger partial charge < -0.3 is 5.11 Å². The first-order valence-corrected chi connectivity index (χ1v) is 6.41. The summed E-state index contributed by atoms with van der Waals surface area (Å²) in [5.41, 5.74) is 2.21. The van der Waals surface area contributed by atoms with Gasteiger partial charge >= 0.3 is 0 Å². The lowest BCUT2D eigenvalue weighted by atomic mass is 10.0. The predicted octanol–water partition coefficient (Wildman–Crippen LogP) is 2.82. The molecule has 3 nitrogen and oxygen atoms in total. The van der Waals surface area contributed by atoms with E-state index >= 15 is 0 Å². The highest BCUT2D eigenvalue weighted by Crippen LogP contribution is 2.20. The van der Waals surface area contributed by atoms with Gasteiger partial charge in [0.05, 0.1) is 12.3 Å². The van der Waals surface area contributed by atoms with E-state index in [9.17, 15) is 5.11 Å². The normalized spacial score (nSPS) is 12.9. The van der Waals surface area contributed by atoms with E-state index in [1.54, 1.807) is 6.20 Å². The fourth-order valence-electron chi connectivity index (χ4n) is 1.93. The summed E-state index contributed by atoms with van der Waals surface area (Å²) < 4.78 is 1.90. The van der Waals surface area contributed by atoms with E-state index in [2.05, 4.69) is 17.2 Å². The summed E-state index contributed by atoms with van der Waals surface area (Å²) in [4.78, 5) is 0. The van der Waals surface area contributed by atoms with E-state index < -0.39 is 6.10 Å². The van der Waals surface area contributed by atoms with Crippen molar-refractivity contribution in [3.8, 4) is 0 Å². The van der Waals surface area contributed by atoms with Crippen molar-refractivity contribution in [2.75, 3.05) is 0 Å². The van der Waals surface area contributed by atoms with E-state index in [-0.39, 0.29) is 5.92 Å². The van der Waals surface area contributed by atoms with Crippen molar-refractivity contribution in [2.45, 2.75) is 32.9 Å². The highest BCUT2D eigenvalue weighted by atomic mass is 16.3. The molecule has 1 N–H and O–H groups in total. The molecule has 0 aliphatic rings. The van der Waals surface area contributed by atoms with Crippen LogP contribution < -0.4 is 0 Å². The van der Waals surface area contributed by atoms with Crippen LogP contribution in [-0.2, 0) is 13.0 Å². The van der Waals surface area contributed by atoms with Crippen LogP contribution in [-0.4, -0.2) is 14.9 Å². The molecule has 2 rings (SSSR count). The van der Waals surface area contributed by atoms with Gasteiger partial charge in [-0.05, 0) is 17.9 Å². The van der Waals surface area contributed by atoms with Crippen LogP contribution in [0.15, 0.2) is 42.7 Å². The van der Waals surface area contributed by atoms with Crippen LogP contribution in [0, 0.1) is 5.92 Å². The number of hydrogen-bond donors (Lipinski definition) is 1. The smallest absolute Gasteiger partial charge is 0.0843 e. The molecule has 0 saturated carbocycles. The molecule has 0 unspecified atom stereocenters. The van der Waals surface area contributed by atoms with E-state index in [0.717, 1.165) is 18.5 Å². The van der Waals surface area contributed by atoms with Crippen molar-refractivity contribution >= 4 is 0 Å². The number of rotatable bonds is 5. The van der Waals surface area contributed by atoms with Crippen LogP contribution in [0.3, 0.4) is 0 Å². The van der Waals surface area contributed by atoms with Gasteiger partial charge in [-0.3, -0.25) is 4.68 Å². The molecule has 1 heterocycles. The molecule has 1 atom stereocenters. The maximum absolute atomic E-state index is 9.94. The highest BCUT2D eigenvalue weighted by Gasteiger charge is 2.13. The third-order valence-corrected chi connectivity index (χ3v) is 3.10. The Bertz CT molecular complexity index is 476. The molecule has 0 aliphatic heterocycles. The zero-order valence-electron chi connectivity index (χ0n) is 11.0. The van der Waals surface area contributed by atoms with Gasteiger partial charge in [0, 0.05) is 18.3 Å². The zero-order valence-corrected chi connectivity index (χ0v) is 11.0. The SMILES string of the molecule is CC(C)[C@@H](O)c1cnn(CCc2ccccc2)c1. The topological polar surface area (TPSA) is 38.1 Å². The van der Waals surface area contributed by atoms with Crippen molar-refractivity contribution in [1.82, 2.24) is 9.78 Å². The Balaban J connectivity index is 1.95. The summed E-state index contributed by atoms with van der Waals surface area (Å²) in [6.45, 7) is 4.85. The first-order chi connectivity index (χ1) is 8.66. The van der Waals surface area contributed by atoms with Gasteiger partial charge in [-0.25, -0.2) is 0 Å². The minimum atomic E-state index is -0.421. The first-order valence-electron chi connectivity index (χ1n) is 6.41. The largest absolute Gasteiger partial charge is 0.388 e.